The van der Waals surface area contributed by atoms with Crippen molar-refractivity contribution in [2.75, 3.05) is 14.2 Å². The quantitative estimate of drug-likeness (QED) is 0.560. The number of carbonyl (C=O) groups is 1. The van der Waals surface area contributed by atoms with Crippen molar-refractivity contribution in [2.45, 2.75) is 6.54 Å². The van der Waals surface area contributed by atoms with Crippen LogP contribution in [-0.4, -0.2) is 34.8 Å². The molecule has 136 valence electrons. The molecular weight excluding hydrogens is 366 g/mol. The number of ether oxygens (including phenoxy) is 1. The van der Waals surface area contributed by atoms with Crippen molar-refractivity contribution in [3.8, 4) is 5.75 Å². The lowest BCUT2D eigenvalue weighted by molar-refractivity contribution is -0.394. The molecular formula is C16H14ClN3O6. The molecule has 1 amide bonds. The van der Waals surface area contributed by atoms with Crippen LogP contribution < -0.4 is 4.74 Å². The molecule has 0 heterocycles. The van der Waals surface area contributed by atoms with E-state index in [1.54, 1.807) is 18.2 Å². The van der Waals surface area contributed by atoms with Crippen LogP contribution in [0.15, 0.2) is 36.4 Å². The Labute approximate surface area is 153 Å². The van der Waals surface area contributed by atoms with Gasteiger partial charge in [-0.3, -0.25) is 25.0 Å². The van der Waals surface area contributed by atoms with Gasteiger partial charge in [-0.2, -0.15) is 0 Å². The van der Waals surface area contributed by atoms with E-state index in [-0.39, 0.29) is 12.1 Å². The van der Waals surface area contributed by atoms with Crippen LogP contribution in [0, 0.1) is 20.2 Å². The van der Waals surface area contributed by atoms with Crippen LogP contribution in [0.3, 0.4) is 0 Å². The molecule has 0 aliphatic rings. The molecule has 2 aromatic carbocycles. The average Bonchev–Trinajstić information content (AvgIpc) is 2.60. The molecule has 0 atom stereocenters. The normalized spacial score (nSPS) is 10.3. The van der Waals surface area contributed by atoms with Crippen molar-refractivity contribution in [2.24, 2.45) is 0 Å². The van der Waals surface area contributed by atoms with Gasteiger partial charge in [-0.25, -0.2) is 0 Å². The first-order chi connectivity index (χ1) is 12.2. The second-order valence-corrected chi connectivity index (χ2v) is 5.81. The third kappa shape index (κ3) is 4.25. The van der Waals surface area contributed by atoms with Crippen molar-refractivity contribution in [3.63, 3.8) is 0 Å². The monoisotopic (exact) mass is 379 g/mol. The van der Waals surface area contributed by atoms with Crippen LogP contribution >= 0.6 is 11.6 Å². The minimum absolute atomic E-state index is 0.0963. The highest BCUT2D eigenvalue weighted by Crippen LogP contribution is 2.26. The highest BCUT2D eigenvalue weighted by atomic mass is 35.5. The molecule has 0 aromatic heterocycles. The Morgan fingerprint density at radius 2 is 1.69 bits per heavy atom. The summed E-state index contributed by atoms with van der Waals surface area (Å²) >= 11 is 5.96. The fraction of sp³-hybridized carbons (Fsp3) is 0.188. The van der Waals surface area contributed by atoms with E-state index in [9.17, 15) is 25.0 Å². The molecule has 0 aliphatic carbocycles. The summed E-state index contributed by atoms with van der Waals surface area (Å²) in [6.45, 7) is 0.0963. The van der Waals surface area contributed by atoms with Crippen LogP contribution in [0.5, 0.6) is 5.75 Å². The van der Waals surface area contributed by atoms with Crippen LogP contribution in [0.1, 0.15) is 15.9 Å². The van der Waals surface area contributed by atoms with Crippen LogP contribution in [0.25, 0.3) is 0 Å². The first-order valence-electron chi connectivity index (χ1n) is 7.24. The number of methoxy groups -OCH3 is 1. The maximum Gasteiger partial charge on any atom is 0.277 e. The fourth-order valence-corrected chi connectivity index (χ4v) is 2.54. The molecule has 0 bridgehead atoms. The molecule has 0 aliphatic heterocycles. The van der Waals surface area contributed by atoms with E-state index in [1.807, 2.05) is 0 Å². The van der Waals surface area contributed by atoms with E-state index in [0.717, 1.165) is 18.2 Å². The average molecular weight is 380 g/mol. The first-order valence-corrected chi connectivity index (χ1v) is 7.62. The van der Waals surface area contributed by atoms with Gasteiger partial charge < -0.3 is 9.64 Å². The summed E-state index contributed by atoms with van der Waals surface area (Å²) in [7, 11) is 2.94. The number of nitro benzene ring substituents is 2. The van der Waals surface area contributed by atoms with Crippen molar-refractivity contribution >= 4 is 28.9 Å². The Balaban J connectivity index is 2.35. The van der Waals surface area contributed by atoms with Crippen molar-refractivity contribution in [1.29, 1.82) is 0 Å². The molecule has 0 radical (unpaired) electrons. The molecule has 10 heteroatoms. The number of rotatable bonds is 6. The van der Waals surface area contributed by atoms with Gasteiger partial charge in [0.2, 0.25) is 0 Å². The summed E-state index contributed by atoms with van der Waals surface area (Å²) < 4.78 is 5.21. The minimum atomic E-state index is -0.788. The Hall–Kier alpha value is -3.20. The number of amides is 1. The molecule has 0 fully saturated rings. The largest absolute Gasteiger partial charge is 0.496 e. The Morgan fingerprint density at radius 1 is 1.12 bits per heavy atom. The van der Waals surface area contributed by atoms with Gasteiger partial charge in [0.25, 0.3) is 17.3 Å². The van der Waals surface area contributed by atoms with E-state index in [1.165, 1.54) is 19.1 Å². The standard InChI is InChI=1S/C16H14ClN3O6/c1-18(9-11-5-12(17)3-4-15(11)26-2)16(21)10-6-13(19(22)23)8-14(7-10)20(24)25/h3-8H,9H2,1-2H3. The number of nitro groups is 2. The van der Waals surface area contributed by atoms with Crippen LogP contribution in [0.2, 0.25) is 5.02 Å². The molecule has 0 saturated carbocycles. The maximum absolute atomic E-state index is 12.6. The number of hydrogen-bond donors (Lipinski definition) is 0. The van der Waals surface area contributed by atoms with E-state index in [4.69, 9.17) is 16.3 Å². The predicted molar refractivity (Wildman–Crippen MR) is 93.6 cm³/mol. The number of nitrogens with zero attached hydrogens (tertiary/aromatic N) is 3. The summed E-state index contributed by atoms with van der Waals surface area (Å²) in [5, 5.41) is 22.4. The Morgan fingerprint density at radius 3 is 2.19 bits per heavy atom. The van der Waals surface area contributed by atoms with Gasteiger partial charge in [0.1, 0.15) is 5.75 Å². The van der Waals surface area contributed by atoms with Gasteiger partial charge in [-0.15, -0.1) is 0 Å². The number of carbonyl (C=O) groups excluding carboxylic acids is 1. The third-order valence-electron chi connectivity index (χ3n) is 3.57. The minimum Gasteiger partial charge on any atom is -0.496 e. The second kappa shape index (κ2) is 7.79. The number of non-ortho nitro benzene ring substituents is 2. The van der Waals surface area contributed by atoms with Gasteiger partial charge in [0.15, 0.2) is 0 Å². The SMILES string of the molecule is COc1ccc(Cl)cc1CN(C)C(=O)c1cc([N+](=O)[O-])cc([N+](=O)[O-])c1. The molecule has 2 aromatic rings. The lowest BCUT2D eigenvalue weighted by Gasteiger charge is -2.19. The molecule has 26 heavy (non-hydrogen) atoms. The lowest BCUT2D eigenvalue weighted by Crippen LogP contribution is -2.26. The summed E-state index contributed by atoms with van der Waals surface area (Å²) in [5.41, 5.74) is -0.599. The smallest absolute Gasteiger partial charge is 0.277 e. The fourth-order valence-electron chi connectivity index (χ4n) is 2.35. The molecule has 9 nitrogen and oxygen atoms in total. The van der Waals surface area contributed by atoms with Gasteiger partial charge in [0, 0.05) is 36.3 Å². The van der Waals surface area contributed by atoms with Gasteiger partial charge in [-0.05, 0) is 18.2 Å². The van der Waals surface area contributed by atoms with Crippen molar-refractivity contribution in [1.82, 2.24) is 4.90 Å². The van der Waals surface area contributed by atoms with Gasteiger partial charge in [0.05, 0.1) is 28.6 Å². The third-order valence-corrected chi connectivity index (χ3v) is 3.80. The van der Waals surface area contributed by atoms with E-state index in [2.05, 4.69) is 0 Å². The van der Waals surface area contributed by atoms with Gasteiger partial charge >= 0.3 is 0 Å². The van der Waals surface area contributed by atoms with Crippen molar-refractivity contribution < 1.29 is 19.4 Å². The summed E-state index contributed by atoms with van der Waals surface area (Å²) in [6, 6.07) is 7.71. The van der Waals surface area contributed by atoms with E-state index >= 15 is 0 Å². The summed E-state index contributed by atoms with van der Waals surface area (Å²) in [4.78, 5) is 34.2. The zero-order valence-electron chi connectivity index (χ0n) is 13.8. The number of benzene rings is 2. The summed E-state index contributed by atoms with van der Waals surface area (Å²) in [6.07, 6.45) is 0. The van der Waals surface area contributed by atoms with Crippen LogP contribution in [0.4, 0.5) is 11.4 Å². The lowest BCUT2D eigenvalue weighted by atomic mass is 10.1. The molecule has 2 rings (SSSR count). The molecule has 0 unspecified atom stereocenters. The molecule has 0 spiro atoms. The number of hydrogen-bond acceptors (Lipinski definition) is 6. The highest BCUT2D eigenvalue weighted by molar-refractivity contribution is 6.30. The maximum atomic E-state index is 12.6. The van der Waals surface area contributed by atoms with Gasteiger partial charge in [-0.1, -0.05) is 11.6 Å². The summed E-state index contributed by atoms with van der Waals surface area (Å²) in [5.74, 6) is -0.0992. The van der Waals surface area contributed by atoms with E-state index in [0.29, 0.717) is 16.3 Å². The predicted octanol–water partition coefficient (Wildman–Crippen LogP) is 3.44. The Kier molecular flexibility index (Phi) is 5.73. The zero-order valence-corrected chi connectivity index (χ0v) is 14.6. The Bertz CT molecular complexity index is 854. The topological polar surface area (TPSA) is 116 Å². The first kappa shape index (κ1) is 19.1. The zero-order chi connectivity index (χ0) is 19.4. The second-order valence-electron chi connectivity index (χ2n) is 5.37. The van der Waals surface area contributed by atoms with E-state index < -0.39 is 27.1 Å². The van der Waals surface area contributed by atoms with Crippen LogP contribution in [-0.2, 0) is 6.54 Å². The molecule has 0 N–H and O–H groups in total. The number of halogens is 1. The highest BCUT2D eigenvalue weighted by Gasteiger charge is 2.22. The molecule has 0 saturated heterocycles. The van der Waals surface area contributed by atoms with Crippen molar-refractivity contribution in [3.05, 3.63) is 72.8 Å².